The second kappa shape index (κ2) is 5.73. The fraction of sp³-hybridized carbons (Fsp3) is 0.200. The van der Waals surface area contributed by atoms with Crippen LogP contribution in [0.1, 0.15) is 16.7 Å². The van der Waals surface area contributed by atoms with Crippen LogP contribution in [0.2, 0.25) is 0 Å². The Kier molecular flexibility index (Phi) is 4.18. The number of ether oxygens (including phenoxy) is 1. The minimum Gasteiger partial charge on any atom is -0.457 e. The van der Waals surface area contributed by atoms with Gasteiger partial charge in [-0.25, -0.2) is 4.39 Å². The van der Waals surface area contributed by atoms with Crippen molar-refractivity contribution in [3.63, 3.8) is 0 Å². The summed E-state index contributed by atoms with van der Waals surface area (Å²) in [5.41, 5.74) is -0.811. The van der Waals surface area contributed by atoms with E-state index in [9.17, 15) is 17.6 Å². The third kappa shape index (κ3) is 3.52. The van der Waals surface area contributed by atoms with Gasteiger partial charge in [-0.1, -0.05) is 12.1 Å². The molecule has 0 spiro atoms. The highest BCUT2D eigenvalue weighted by Gasteiger charge is 2.33. The van der Waals surface area contributed by atoms with E-state index in [4.69, 9.17) is 9.84 Å². The molecule has 112 valence electrons. The number of alkyl halides is 3. The molecule has 2 aromatic carbocycles. The minimum absolute atomic E-state index is 0.0808. The lowest BCUT2D eigenvalue weighted by Gasteiger charge is -2.14. The fourth-order valence-electron chi connectivity index (χ4n) is 1.79. The van der Waals surface area contributed by atoms with Gasteiger partial charge in [0.2, 0.25) is 0 Å². The first-order chi connectivity index (χ1) is 9.81. The average Bonchev–Trinajstić information content (AvgIpc) is 2.42. The molecule has 0 fully saturated rings. The predicted octanol–water partition coefficient (Wildman–Crippen LogP) is 4.44. The summed E-state index contributed by atoms with van der Waals surface area (Å²) < 4.78 is 57.1. The highest BCUT2D eigenvalue weighted by Crippen LogP contribution is 2.35. The molecule has 21 heavy (non-hydrogen) atoms. The summed E-state index contributed by atoms with van der Waals surface area (Å²) in [6.45, 7) is 0.838. The largest absolute Gasteiger partial charge is 0.457 e. The zero-order valence-corrected chi connectivity index (χ0v) is 11.0. The van der Waals surface area contributed by atoms with E-state index >= 15 is 0 Å². The third-order valence-corrected chi connectivity index (χ3v) is 2.94. The fourth-order valence-corrected chi connectivity index (χ4v) is 1.79. The molecule has 0 saturated heterocycles. The molecule has 0 aliphatic heterocycles. The number of aliphatic hydroxyl groups is 1. The maximum absolute atomic E-state index is 13.4. The van der Waals surface area contributed by atoms with Gasteiger partial charge in [-0.2, -0.15) is 13.2 Å². The second-order valence-corrected chi connectivity index (χ2v) is 4.49. The van der Waals surface area contributed by atoms with Crippen LogP contribution >= 0.6 is 0 Å². The molecule has 0 unspecified atom stereocenters. The molecule has 0 aliphatic carbocycles. The number of aryl methyl sites for hydroxylation is 1. The van der Waals surface area contributed by atoms with E-state index in [1.54, 1.807) is 6.92 Å². The molecule has 6 heteroatoms. The van der Waals surface area contributed by atoms with Crippen molar-refractivity contribution in [2.45, 2.75) is 19.7 Å². The molecule has 1 N–H and O–H groups in total. The molecule has 2 nitrogen and oxygen atoms in total. The van der Waals surface area contributed by atoms with Crippen LogP contribution in [0.15, 0.2) is 36.4 Å². The van der Waals surface area contributed by atoms with Crippen LogP contribution < -0.4 is 4.74 Å². The lowest BCUT2D eigenvalue weighted by Crippen LogP contribution is -2.09. The van der Waals surface area contributed by atoms with Crippen molar-refractivity contribution < 1.29 is 27.4 Å². The highest BCUT2D eigenvalue weighted by atomic mass is 19.4. The van der Waals surface area contributed by atoms with Gasteiger partial charge in [0, 0.05) is 6.07 Å². The van der Waals surface area contributed by atoms with Crippen molar-refractivity contribution >= 4 is 0 Å². The zero-order chi connectivity index (χ0) is 15.6. The van der Waals surface area contributed by atoms with Gasteiger partial charge in [0.15, 0.2) is 0 Å². The van der Waals surface area contributed by atoms with Gasteiger partial charge in [0.25, 0.3) is 0 Å². The maximum Gasteiger partial charge on any atom is 0.416 e. The Hall–Kier alpha value is -2.08. The van der Waals surface area contributed by atoms with Crippen molar-refractivity contribution in [3.8, 4) is 11.5 Å². The molecular weight excluding hydrogens is 288 g/mol. The summed E-state index contributed by atoms with van der Waals surface area (Å²) in [6.07, 6.45) is -4.60. The van der Waals surface area contributed by atoms with Gasteiger partial charge in [-0.15, -0.1) is 0 Å². The Labute approximate surface area is 118 Å². The van der Waals surface area contributed by atoms with Crippen molar-refractivity contribution in [3.05, 3.63) is 58.9 Å². The first-order valence-corrected chi connectivity index (χ1v) is 6.06. The smallest absolute Gasteiger partial charge is 0.416 e. The normalized spacial score (nSPS) is 11.5. The highest BCUT2D eigenvalue weighted by molar-refractivity contribution is 5.40. The molecule has 0 bridgehead atoms. The number of hydrogen-bond donors (Lipinski definition) is 1. The summed E-state index contributed by atoms with van der Waals surface area (Å²) in [6, 6.07) is 7.23. The first-order valence-electron chi connectivity index (χ1n) is 6.06. The topological polar surface area (TPSA) is 29.5 Å². The molecule has 0 radical (unpaired) electrons. The summed E-state index contributed by atoms with van der Waals surface area (Å²) >= 11 is 0. The maximum atomic E-state index is 13.4. The van der Waals surface area contributed by atoms with Crippen LogP contribution in [0, 0.1) is 12.7 Å². The van der Waals surface area contributed by atoms with Crippen LogP contribution in [-0.2, 0) is 12.8 Å². The Morgan fingerprint density at radius 2 is 1.67 bits per heavy atom. The van der Waals surface area contributed by atoms with Gasteiger partial charge in [-0.3, -0.25) is 0 Å². The van der Waals surface area contributed by atoms with Crippen LogP contribution in [0.25, 0.3) is 0 Å². The summed E-state index contributed by atoms with van der Waals surface area (Å²) in [7, 11) is 0. The molecule has 0 aromatic heterocycles. The van der Waals surface area contributed by atoms with Crippen LogP contribution in [-0.4, -0.2) is 5.11 Å². The number of hydrogen-bond acceptors (Lipinski definition) is 2. The Balaban J connectivity index is 2.34. The Bertz CT molecular complexity index is 651. The number of halogens is 4. The van der Waals surface area contributed by atoms with E-state index in [1.165, 1.54) is 18.2 Å². The summed E-state index contributed by atoms with van der Waals surface area (Å²) in [5.74, 6) is -0.485. The number of rotatable bonds is 3. The molecule has 0 aliphatic rings. The first kappa shape index (κ1) is 15.3. The van der Waals surface area contributed by atoms with Crippen molar-refractivity contribution in [2.24, 2.45) is 0 Å². The van der Waals surface area contributed by atoms with E-state index in [0.29, 0.717) is 5.56 Å². The van der Waals surface area contributed by atoms with E-state index in [1.807, 2.05) is 0 Å². The Morgan fingerprint density at radius 3 is 2.24 bits per heavy atom. The molecule has 2 rings (SSSR count). The number of benzene rings is 2. The molecule has 0 heterocycles. The van der Waals surface area contributed by atoms with Crippen LogP contribution in [0.4, 0.5) is 17.6 Å². The van der Waals surface area contributed by atoms with Crippen molar-refractivity contribution in [1.82, 2.24) is 0 Å². The zero-order valence-electron chi connectivity index (χ0n) is 11.0. The van der Waals surface area contributed by atoms with Crippen molar-refractivity contribution in [1.29, 1.82) is 0 Å². The van der Waals surface area contributed by atoms with E-state index in [0.717, 1.165) is 18.2 Å². The van der Waals surface area contributed by atoms with Crippen LogP contribution in [0.5, 0.6) is 11.5 Å². The monoisotopic (exact) mass is 300 g/mol. The van der Waals surface area contributed by atoms with Gasteiger partial charge in [0.05, 0.1) is 12.2 Å². The predicted molar refractivity (Wildman–Crippen MR) is 68.6 cm³/mol. The van der Waals surface area contributed by atoms with Gasteiger partial charge in [0.1, 0.15) is 17.3 Å². The van der Waals surface area contributed by atoms with E-state index in [-0.39, 0.29) is 17.1 Å². The molecule has 0 saturated carbocycles. The summed E-state index contributed by atoms with van der Waals surface area (Å²) in [5, 5.41) is 8.94. The van der Waals surface area contributed by atoms with Gasteiger partial charge in [-0.05, 0) is 36.2 Å². The van der Waals surface area contributed by atoms with Gasteiger partial charge >= 0.3 is 6.18 Å². The third-order valence-electron chi connectivity index (χ3n) is 2.94. The molecule has 2 aromatic rings. The average molecular weight is 300 g/mol. The quantitative estimate of drug-likeness (QED) is 0.849. The van der Waals surface area contributed by atoms with Gasteiger partial charge < -0.3 is 9.84 Å². The van der Waals surface area contributed by atoms with Crippen molar-refractivity contribution in [2.75, 3.05) is 0 Å². The molecule has 0 atom stereocenters. The summed E-state index contributed by atoms with van der Waals surface area (Å²) in [4.78, 5) is 0. The van der Waals surface area contributed by atoms with E-state index < -0.39 is 24.2 Å². The van der Waals surface area contributed by atoms with Crippen LogP contribution in [0.3, 0.4) is 0 Å². The standard InChI is InChI=1S/C15H12F4O2/c1-9-2-4-12(7-14(9)16)21-11-5-3-10(8-20)13(6-11)15(17,18)19/h2-7,20H,8H2,1H3. The Morgan fingerprint density at radius 1 is 1.05 bits per heavy atom. The molecule has 0 amide bonds. The lowest BCUT2D eigenvalue weighted by atomic mass is 10.1. The molecular formula is C15H12F4O2. The lowest BCUT2D eigenvalue weighted by molar-refractivity contribution is -0.138. The van der Waals surface area contributed by atoms with E-state index in [2.05, 4.69) is 0 Å². The number of aliphatic hydroxyl groups excluding tert-OH is 1. The minimum atomic E-state index is -4.60. The second-order valence-electron chi connectivity index (χ2n) is 4.49. The SMILES string of the molecule is Cc1ccc(Oc2ccc(CO)c(C(F)(F)F)c2)cc1F.